The highest BCUT2D eigenvalue weighted by atomic mass is 16.3. The van der Waals surface area contributed by atoms with Gasteiger partial charge in [0, 0.05) is 5.92 Å². The van der Waals surface area contributed by atoms with Crippen molar-refractivity contribution in [2.75, 3.05) is 0 Å². The van der Waals surface area contributed by atoms with Gasteiger partial charge in [-0.25, -0.2) is 0 Å². The van der Waals surface area contributed by atoms with Gasteiger partial charge < -0.3 is 5.11 Å². The highest BCUT2D eigenvalue weighted by molar-refractivity contribution is 5.15. The highest BCUT2D eigenvalue weighted by Crippen LogP contribution is 2.48. The first-order valence-electron chi connectivity index (χ1n) is 6.30. The number of hydrogen-bond donors (Lipinski definition) is 1. The zero-order valence-corrected chi connectivity index (χ0v) is 11.2. The fraction of sp³-hybridized carbons (Fsp3) is 0.733. The van der Waals surface area contributed by atoms with Crippen LogP contribution in [0.4, 0.5) is 0 Å². The lowest BCUT2D eigenvalue weighted by molar-refractivity contribution is -0.0362. The summed E-state index contributed by atoms with van der Waals surface area (Å²) in [4.78, 5) is 0. The second-order valence-electron chi connectivity index (χ2n) is 5.97. The summed E-state index contributed by atoms with van der Waals surface area (Å²) in [5.74, 6) is 1.09. The minimum atomic E-state index is -0.269. The summed E-state index contributed by atoms with van der Waals surface area (Å²) in [7, 11) is 0. The Bertz CT molecular complexity index is 279. The molecule has 0 amide bonds. The van der Waals surface area contributed by atoms with Crippen molar-refractivity contribution in [3.8, 4) is 0 Å². The van der Waals surface area contributed by atoms with Gasteiger partial charge in [-0.1, -0.05) is 39.0 Å². The highest BCUT2D eigenvalue weighted by Gasteiger charge is 2.45. The van der Waals surface area contributed by atoms with Crippen LogP contribution >= 0.6 is 0 Å². The molecule has 0 spiro atoms. The first-order chi connectivity index (χ1) is 7.33. The average molecular weight is 222 g/mol. The summed E-state index contributed by atoms with van der Waals surface area (Å²) in [5.41, 5.74) is 1.09. The van der Waals surface area contributed by atoms with Crippen molar-refractivity contribution in [3.63, 3.8) is 0 Å². The van der Waals surface area contributed by atoms with E-state index in [1.54, 1.807) is 0 Å². The lowest BCUT2D eigenvalue weighted by Crippen LogP contribution is -2.46. The SMILES string of the molecule is C=C[C@]1(C)CC[C@H](C(C)C)[C@@H](O)[C@H]1C(=C)C. The second-order valence-corrected chi connectivity index (χ2v) is 5.97. The van der Waals surface area contributed by atoms with Gasteiger partial charge in [0.15, 0.2) is 0 Å². The molecule has 1 N–H and O–H groups in total. The van der Waals surface area contributed by atoms with Gasteiger partial charge in [-0.05, 0) is 37.0 Å². The third kappa shape index (κ3) is 2.24. The molecule has 0 aromatic carbocycles. The molecule has 0 radical (unpaired) electrons. The van der Waals surface area contributed by atoms with Crippen molar-refractivity contribution in [2.45, 2.75) is 46.6 Å². The predicted molar refractivity (Wildman–Crippen MR) is 70.2 cm³/mol. The molecule has 1 rings (SSSR count). The Balaban J connectivity index is 3.01. The molecule has 0 saturated heterocycles. The van der Waals surface area contributed by atoms with Crippen molar-refractivity contribution < 1.29 is 5.11 Å². The maximum Gasteiger partial charge on any atom is 0.0644 e. The van der Waals surface area contributed by atoms with E-state index in [-0.39, 0.29) is 17.4 Å². The summed E-state index contributed by atoms with van der Waals surface area (Å²) in [6, 6.07) is 0. The quantitative estimate of drug-likeness (QED) is 0.720. The lowest BCUT2D eigenvalue weighted by atomic mass is 9.59. The van der Waals surface area contributed by atoms with Gasteiger partial charge in [-0.15, -0.1) is 6.58 Å². The van der Waals surface area contributed by atoms with Crippen LogP contribution in [-0.4, -0.2) is 11.2 Å². The molecule has 1 fully saturated rings. The Morgan fingerprint density at radius 1 is 1.50 bits per heavy atom. The van der Waals surface area contributed by atoms with Gasteiger partial charge in [-0.3, -0.25) is 0 Å². The van der Waals surface area contributed by atoms with Crippen LogP contribution in [0.15, 0.2) is 24.8 Å². The zero-order chi connectivity index (χ0) is 12.5. The standard InChI is InChI=1S/C15H26O/c1-7-15(6)9-8-12(10(2)3)14(16)13(15)11(4)5/h7,10,12-14,16H,1,4,8-9H2,2-3,5-6H3/t12-,13-,14-,15-/m1/s1. The molecule has 92 valence electrons. The third-order valence-electron chi connectivity index (χ3n) is 4.36. The Kier molecular flexibility index (Phi) is 4.01. The number of rotatable bonds is 3. The average Bonchev–Trinajstić information content (AvgIpc) is 2.16. The molecule has 16 heavy (non-hydrogen) atoms. The third-order valence-corrected chi connectivity index (χ3v) is 4.36. The molecular weight excluding hydrogens is 196 g/mol. The largest absolute Gasteiger partial charge is 0.392 e. The maximum atomic E-state index is 10.5. The Morgan fingerprint density at radius 2 is 2.06 bits per heavy atom. The Morgan fingerprint density at radius 3 is 2.44 bits per heavy atom. The molecule has 0 aliphatic heterocycles. The van der Waals surface area contributed by atoms with E-state index in [0.717, 1.165) is 18.4 Å². The van der Waals surface area contributed by atoms with E-state index >= 15 is 0 Å². The second kappa shape index (κ2) is 4.75. The minimum absolute atomic E-state index is 0.0106. The van der Waals surface area contributed by atoms with Gasteiger partial charge in [0.2, 0.25) is 0 Å². The number of hydrogen-bond acceptors (Lipinski definition) is 1. The zero-order valence-electron chi connectivity index (χ0n) is 11.2. The van der Waals surface area contributed by atoms with E-state index in [1.807, 2.05) is 13.0 Å². The van der Waals surface area contributed by atoms with Crippen LogP contribution < -0.4 is 0 Å². The van der Waals surface area contributed by atoms with Gasteiger partial charge in [0.1, 0.15) is 0 Å². The monoisotopic (exact) mass is 222 g/mol. The fourth-order valence-corrected chi connectivity index (χ4v) is 3.25. The summed E-state index contributed by atoms with van der Waals surface area (Å²) < 4.78 is 0. The van der Waals surface area contributed by atoms with Crippen molar-refractivity contribution in [3.05, 3.63) is 24.8 Å². The van der Waals surface area contributed by atoms with Crippen molar-refractivity contribution in [1.82, 2.24) is 0 Å². The Labute approximate surface area is 100 Å². The van der Waals surface area contributed by atoms with E-state index in [0.29, 0.717) is 11.8 Å². The summed E-state index contributed by atoms with van der Waals surface area (Å²) in [6.45, 7) is 16.6. The molecule has 1 aliphatic carbocycles. The molecule has 0 bridgehead atoms. The topological polar surface area (TPSA) is 20.2 Å². The molecule has 0 aromatic heterocycles. The summed E-state index contributed by atoms with van der Waals surface area (Å²) in [5, 5.41) is 10.5. The van der Waals surface area contributed by atoms with Crippen LogP contribution in [-0.2, 0) is 0 Å². The first-order valence-corrected chi connectivity index (χ1v) is 6.30. The molecule has 4 atom stereocenters. The summed E-state index contributed by atoms with van der Waals surface area (Å²) >= 11 is 0. The normalized spacial score (nSPS) is 39.8. The van der Waals surface area contributed by atoms with Gasteiger partial charge in [-0.2, -0.15) is 0 Å². The van der Waals surface area contributed by atoms with Crippen molar-refractivity contribution >= 4 is 0 Å². The van der Waals surface area contributed by atoms with Crippen LogP contribution in [0.25, 0.3) is 0 Å². The molecule has 0 heterocycles. The Hall–Kier alpha value is -0.560. The molecule has 0 unspecified atom stereocenters. The minimum Gasteiger partial charge on any atom is -0.392 e. The molecule has 0 aromatic rings. The molecule has 1 nitrogen and oxygen atoms in total. The van der Waals surface area contributed by atoms with E-state index < -0.39 is 0 Å². The van der Waals surface area contributed by atoms with Crippen molar-refractivity contribution in [2.24, 2.45) is 23.2 Å². The van der Waals surface area contributed by atoms with Crippen LogP contribution in [0, 0.1) is 23.2 Å². The van der Waals surface area contributed by atoms with E-state index in [4.69, 9.17) is 0 Å². The number of aliphatic hydroxyl groups is 1. The first kappa shape index (κ1) is 13.5. The smallest absolute Gasteiger partial charge is 0.0644 e. The molecule has 1 saturated carbocycles. The molecule has 1 heteroatoms. The van der Waals surface area contributed by atoms with E-state index in [2.05, 4.69) is 33.9 Å². The maximum absolute atomic E-state index is 10.5. The lowest BCUT2D eigenvalue weighted by Gasteiger charge is -2.48. The summed E-state index contributed by atoms with van der Waals surface area (Å²) in [6.07, 6.45) is 3.93. The predicted octanol–water partition coefficient (Wildman–Crippen LogP) is 3.80. The van der Waals surface area contributed by atoms with Gasteiger partial charge >= 0.3 is 0 Å². The van der Waals surface area contributed by atoms with E-state index in [1.165, 1.54) is 0 Å². The van der Waals surface area contributed by atoms with E-state index in [9.17, 15) is 5.11 Å². The fourth-order valence-electron chi connectivity index (χ4n) is 3.25. The van der Waals surface area contributed by atoms with Crippen LogP contribution in [0.3, 0.4) is 0 Å². The van der Waals surface area contributed by atoms with Gasteiger partial charge in [0.25, 0.3) is 0 Å². The van der Waals surface area contributed by atoms with Gasteiger partial charge in [0.05, 0.1) is 6.10 Å². The van der Waals surface area contributed by atoms with Crippen molar-refractivity contribution in [1.29, 1.82) is 0 Å². The number of allylic oxidation sites excluding steroid dienone is 1. The molecular formula is C15H26O. The molecule has 1 aliphatic rings. The van der Waals surface area contributed by atoms with Crippen LogP contribution in [0.5, 0.6) is 0 Å². The number of aliphatic hydroxyl groups excluding tert-OH is 1. The van der Waals surface area contributed by atoms with Crippen LogP contribution in [0.1, 0.15) is 40.5 Å². The van der Waals surface area contributed by atoms with Crippen LogP contribution in [0.2, 0.25) is 0 Å².